The van der Waals surface area contributed by atoms with Crippen LogP contribution in [-0.4, -0.2) is 6.71 Å². The molecule has 2 aliphatic heterocycles. The number of benzene rings is 9. The Morgan fingerprint density at radius 3 is 1.34 bits per heavy atom. The van der Waals surface area contributed by atoms with E-state index in [1.807, 2.05) is 0 Å². The fraction of sp³-hybridized carbons (Fsp3) is 0.289. The van der Waals surface area contributed by atoms with Crippen LogP contribution in [0.5, 0.6) is 0 Å². The second-order valence-corrected chi connectivity index (χ2v) is 27.7. The lowest BCUT2D eigenvalue weighted by molar-refractivity contribution is 0.332. The van der Waals surface area contributed by atoms with Crippen LogP contribution in [0.4, 0.5) is 34.1 Å². The van der Waals surface area contributed by atoms with E-state index in [1.165, 1.54) is 112 Å². The van der Waals surface area contributed by atoms with E-state index < -0.39 is 0 Å². The highest BCUT2D eigenvalue weighted by Gasteiger charge is 2.48. The SMILES string of the molecule is CC(C)(C)c1cc2c3c(c1)N(c1cc(-c4ccccc4)c(C(C)(C)C)cc1-c1ccccc1)c1cc4c(cc1B3c1cc(C(C)(C)c3ccccc3)ccc1N2c1ccc(C(C)(C)c2ccccc2)cc1)C(C)(C)CCC4(C)C. The Hall–Kier alpha value is -7.36. The van der Waals surface area contributed by atoms with Gasteiger partial charge in [0, 0.05) is 44.8 Å². The molecule has 9 aromatic carbocycles. The van der Waals surface area contributed by atoms with Crippen molar-refractivity contribution < 1.29 is 0 Å². The second-order valence-electron chi connectivity index (χ2n) is 27.7. The van der Waals surface area contributed by atoms with E-state index >= 15 is 0 Å². The monoisotopic (exact) mass is 1030 g/mol. The Labute approximate surface area is 473 Å². The van der Waals surface area contributed by atoms with Crippen LogP contribution in [0, 0.1) is 0 Å². The fourth-order valence-electron chi connectivity index (χ4n) is 13.6. The van der Waals surface area contributed by atoms with Crippen LogP contribution in [0.15, 0.2) is 200 Å². The summed E-state index contributed by atoms with van der Waals surface area (Å²) in [6.45, 7) is 33.7. The highest BCUT2D eigenvalue weighted by atomic mass is 15.2. The van der Waals surface area contributed by atoms with E-state index in [4.69, 9.17) is 0 Å². The van der Waals surface area contributed by atoms with Gasteiger partial charge in [0.15, 0.2) is 0 Å². The van der Waals surface area contributed by atoms with Crippen LogP contribution >= 0.6 is 0 Å². The Morgan fingerprint density at radius 2 is 0.810 bits per heavy atom. The van der Waals surface area contributed by atoms with Crippen molar-refractivity contribution in [2.24, 2.45) is 0 Å². The van der Waals surface area contributed by atoms with E-state index in [0.29, 0.717) is 0 Å². The van der Waals surface area contributed by atoms with Gasteiger partial charge in [-0.05, 0) is 161 Å². The minimum atomic E-state index is -0.260. The average Bonchev–Trinajstić information content (AvgIpc) is 3.64. The molecule has 0 saturated carbocycles. The second kappa shape index (κ2) is 18.6. The van der Waals surface area contributed by atoms with Crippen molar-refractivity contribution in [2.45, 2.75) is 142 Å². The van der Waals surface area contributed by atoms with Gasteiger partial charge < -0.3 is 9.80 Å². The maximum Gasteiger partial charge on any atom is 0.252 e. The Bertz CT molecular complexity index is 3780. The normalized spacial score (nSPS) is 15.5. The molecule has 0 amide bonds. The molecule has 0 atom stereocenters. The summed E-state index contributed by atoms with van der Waals surface area (Å²) >= 11 is 0. The fourth-order valence-corrected chi connectivity index (χ4v) is 13.6. The highest BCUT2D eigenvalue weighted by molar-refractivity contribution is 7.00. The van der Waals surface area contributed by atoms with Crippen molar-refractivity contribution in [2.75, 3.05) is 9.80 Å². The molecule has 0 fully saturated rings. The van der Waals surface area contributed by atoms with Gasteiger partial charge in [0.2, 0.25) is 0 Å². The number of hydrogen-bond acceptors (Lipinski definition) is 2. The summed E-state index contributed by atoms with van der Waals surface area (Å²) in [5.74, 6) is 0. The van der Waals surface area contributed by atoms with Crippen LogP contribution in [0.2, 0.25) is 0 Å². The molecule has 1 aliphatic carbocycles. The molecule has 2 nitrogen and oxygen atoms in total. The maximum atomic E-state index is 2.74. The number of nitrogens with zero attached hydrogens (tertiary/aromatic N) is 2. The first-order valence-electron chi connectivity index (χ1n) is 29.1. The summed E-state index contributed by atoms with van der Waals surface area (Å²) in [4.78, 5) is 5.37. The molecular weight excluding hydrogens is 952 g/mol. The van der Waals surface area contributed by atoms with Crippen LogP contribution in [0.3, 0.4) is 0 Å². The zero-order valence-corrected chi connectivity index (χ0v) is 49.4. The van der Waals surface area contributed by atoms with Crippen molar-refractivity contribution in [3.8, 4) is 22.3 Å². The summed E-state index contributed by atoms with van der Waals surface area (Å²) in [5, 5.41) is 0. The third kappa shape index (κ3) is 8.79. The molecule has 0 spiro atoms. The maximum absolute atomic E-state index is 2.74. The Balaban J connectivity index is 1.23. The lowest BCUT2D eigenvalue weighted by Crippen LogP contribution is -2.62. The predicted molar refractivity (Wildman–Crippen MR) is 341 cm³/mol. The lowest BCUT2D eigenvalue weighted by Gasteiger charge is -2.48. The van der Waals surface area contributed by atoms with Crippen molar-refractivity contribution in [3.05, 3.63) is 245 Å². The van der Waals surface area contributed by atoms with Gasteiger partial charge in [-0.15, -0.1) is 0 Å². The summed E-state index contributed by atoms with van der Waals surface area (Å²) in [6, 6.07) is 77.1. The van der Waals surface area contributed by atoms with E-state index in [1.54, 1.807) is 0 Å². The van der Waals surface area contributed by atoms with Crippen molar-refractivity contribution in [3.63, 3.8) is 0 Å². The van der Waals surface area contributed by atoms with Crippen LogP contribution < -0.4 is 26.2 Å². The first-order valence-corrected chi connectivity index (χ1v) is 29.1. The number of rotatable bonds is 8. The molecule has 0 saturated heterocycles. The molecule has 12 rings (SSSR count). The number of hydrogen-bond donors (Lipinski definition) is 0. The summed E-state index contributed by atoms with van der Waals surface area (Å²) < 4.78 is 0. The van der Waals surface area contributed by atoms with Gasteiger partial charge in [0.1, 0.15) is 0 Å². The minimum absolute atomic E-state index is 0.0100. The smallest absolute Gasteiger partial charge is 0.252 e. The molecule has 0 unspecified atom stereocenters. The molecule has 3 heteroatoms. The van der Waals surface area contributed by atoms with Crippen LogP contribution in [0.25, 0.3) is 22.3 Å². The molecular formula is C76H79BN2. The third-order valence-electron chi connectivity index (χ3n) is 18.8. The zero-order valence-electron chi connectivity index (χ0n) is 49.4. The predicted octanol–water partition coefficient (Wildman–Crippen LogP) is 18.7. The van der Waals surface area contributed by atoms with E-state index in [-0.39, 0.29) is 39.2 Å². The standard InChI is InChI=1S/C76H79BN2/c1-71(2,3)56-44-68-70-69(45-56)79(66-47-58(50-27-19-15-20-28-50)60(72(4,5)6)46-59(66)51-29-21-16-22-30-51)67-49-62-61(73(7,8)41-42-74(62,9)10)48-64(67)77(70)63-43-55(76(13,14)53-33-25-18-26-34-53)37-40-65(63)78(68)57-38-35-54(36-39-57)75(11,12)52-31-23-17-24-32-52/h15-40,43-49H,41-42H2,1-14H3. The molecule has 9 aromatic rings. The third-order valence-corrected chi connectivity index (χ3v) is 18.8. The van der Waals surface area contributed by atoms with E-state index in [2.05, 4.69) is 307 Å². The Kier molecular flexibility index (Phi) is 12.3. The van der Waals surface area contributed by atoms with Crippen molar-refractivity contribution >= 4 is 57.2 Å². The van der Waals surface area contributed by atoms with Crippen LogP contribution in [-0.2, 0) is 32.5 Å². The number of anilines is 6. The quantitative estimate of drug-likeness (QED) is 0.140. The highest BCUT2D eigenvalue weighted by Crippen LogP contribution is 2.54. The molecule has 0 N–H and O–H groups in total. The molecule has 2 heterocycles. The van der Waals surface area contributed by atoms with E-state index in [0.717, 1.165) is 18.5 Å². The van der Waals surface area contributed by atoms with Gasteiger partial charge in [0.05, 0.1) is 5.69 Å². The lowest BCUT2D eigenvalue weighted by atomic mass is 9.32. The first-order chi connectivity index (χ1) is 37.4. The topological polar surface area (TPSA) is 6.48 Å². The van der Waals surface area contributed by atoms with Gasteiger partial charge >= 0.3 is 0 Å². The zero-order chi connectivity index (χ0) is 55.6. The van der Waals surface area contributed by atoms with Gasteiger partial charge in [-0.3, -0.25) is 0 Å². The molecule has 0 bridgehead atoms. The van der Waals surface area contributed by atoms with Gasteiger partial charge in [-0.2, -0.15) is 0 Å². The molecule has 396 valence electrons. The molecule has 0 aromatic heterocycles. The molecule has 79 heavy (non-hydrogen) atoms. The largest absolute Gasteiger partial charge is 0.311 e. The number of fused-ring (bicyclic) bond motifs is 5. The van der Waals surface area contributed by atoms with E-state index in [9.17, 15) is 0 Å². The van der Waals surface area contributed by atoms with Gasteiger partial charge in [-0.1, -0.05) is 249 Å². The van der Waals surface area contributed by atoms with Crippen molar-refractivity contribution in [1.29, 1.82) is 0 Å². The summed E-state index contributed by atoms with van der Waals surface area (Å²) in [7, 11) is 0. The van der Waals surface area contributed by atoms with Crippen molar-refractivity contribution in [1.82, 2.24) is 0 Å². The van der Waals surface area contributed by atoms with Gasteiger partial charge in [0.25, 0.3) is 6.71 Å². The average molecular weight is 1030 g/mol. The minimum Gasteiger partial charge on any atom is -0.311 e. The van der Waals surface area contributed by atoms with Crippen LogP contribution in [0.1, 0.15) is 154 Å². The van der Waals surface area contributed by atoms with Gasteiger partial charge in [-0.25, -0.2) is 0 Å². The summed E-state index contributed by atoms with van der Waals surface area (Å²) in [6.07, 6.45) is 2.27. The first kappa shape index (κ1) is 52.3. The Morgan fingerprint density at radius 1 is 0.354 bits per heavy atom. The summed E-state index contributed by atoms with van der Waals surface area (Å²) in [5.41, 5.74) is 26.4. The molecule has 3 aliphatic rings. The molecule has 0 radical (unpaired) electrons.